The van der Waals surface area contributed by atoms with Gasteiger partial charge in [0.25, 0.3) is 0 Å². The summed E-state index contributed by atoms with van der Waals surface area (Å²) in [6.45, 7) is -0.863. The first-order valence-electron chi connectivity index (χ1n) is 6.61. The molecule has 2 rings (SSSR count). The van der Waals surface area contributed by atoms with Gasteiger partial charge < -0.3 is 5.11 Å². The molecule has 0 heterocycles. The van der Waals surface area contributed by atoms with E-state index in [0.29, 0.717) is 15.1 Å². The quantitative estimate of drug-likeness (QED) is 0.717. The number of carboxylic acid groups (broad SMARTS) is 1. The van der Waals surface area contributed by atoms with Crippen LogP contribution in [0.25, 0.3) is 0 Å². The summed E-state index contributed by atoms with van der Waals surface area (Å²) in [5, 5.41) is 9.74. The molecule has 0 aromatic heterocycles. The largest absolute Gasteiger partial charge is 0.480 e. The van der Waals surface area contributed by atoms with Gasteiger partial charge in [0.05, 0.1) is 4.90 Å². The molecule has 0 unspecified atom stereocenters. The summed E-state index contributed by atoms with van der Waals surface area (Å²) in [5.41, 5.74) is 0.461. The molecule has 0 aliphatic carbocycles. The molecule has 0 fully saturated rings. The second kappa shape index (κ2) is 7.84. The Labute approximate surface area is 158 Å². The minimum Gasteiger partial charge on any atom is -0.480 e. The Morgan fingerprint density at radius 1 is 1.12 bits per heavy atom. The highest BCUT2D eigenvalue weighted by Gasteiger charge is 2.27. The number of nitrogens with zero attached hydrogens (tertiary/aromatic N) is 1. The lowest BCUT2D eigenvalue weighted by molar-refractivity contribution is -0.137. The maximum Gasteiger partial charge on any atom is 0.318 e. The fourth-order valence-electron chi connectivity index (χ4n) is 1.97. The number of rotatable bonds is 6. The van der Waals surface area contributed by atoms with Crippen LogP contribution in [0.1, 0.15) is 5.56 Å². The first-order chi connectivity index (χ1) is 11.2. The van der Waals surface area contributed by atoms with Crippen LogP contribution in [0.3, 0.4) is 0 Å². The van der Waals surface area contributed by atoms with Gasteiger partial charge in [-0.15, -0.1) is 0 Å². The van der Waals surface area contributed by atoms with Crippen LogP contribution in [0.5, 0.6) is 0 Å². The van der Waals surface area contributed by atoms with Crippen molar-refractivity contribution >= 4 is 55.1 Å². The Morgan fingerprint density at radius 2 is 1.75 bits per heavy atom. The predicted molar refractivity (Wildman–Crippen MR) is 95.8 cm³/mol. The molecule has 0 aliphatic heterocycles. The predicted octanol–water partition coefficient (Wildman–Crippen LogP) is 4.03. The van der Waals surface area contributed by atoms with Crippen molar-refractivity contribution in [2.24, 2.45) is 0 Å². The first kappa shape index (κ1) is 19.2. The van der Waals surface area contributed by atoms with Crippen LogP contribution in [-0.2, 0) is 21.4 Å². The van der Waals surface area contributed by atoms with E-state index < -0.39 is 22.5 Å². The Morgan fingerprint density at radius 3 is 2.29 bits per heavy atom. The molecule has 128 valence electrons. The Balaban J connectivity index is 2.40. The molecule has 0 amide bonds. The molecule has 9 heteroatoms. The smallest absolute Gasteiger partial charge is 0.318 e. The zero-order chi connectivity index (χ0) is 17.9. The molecule has 1 N–H and O–H groups in total. The molecule has 5 nitrogen and oxygen atoms in total. The summed E-state index contributed by atoms with van der Waals surface area (Å²) in [6, 6.07) is 10.5. The highest BCUT2D eigenvalue weighted by atomic mass is 79.9. The second-order valence-electron chi connectivity index (χ2n) is 4.86. The number of hydrogen-bond acceptors (Lipinski definition) is 3. The third kappa shape index (κ3) is 4.70. The molecule has 24 heavy (non-hydrogen) atoms. The highest BCUT2D eigenvalue weighted by Crippen LogP contribution is 2.25. The van der Waals surface area contributed by atoms with E-state index in [9.17, 15) is 13.2 Å². The van der Waals surface area contributed by atoms with Gasteiger partial charge in [0, 0.05) is 21.1 Å². The van der Waals surface area contributed by atoms with Crippen LogP contribution in [0.15, 0.2) is 51.8 Å². The third-order valence-electron chi connectivity index (χ3n) is 3.12. The summed E-state index contributed by atoms with van der Waals surface area (Å²) in [7, 11) is -4.00. The van der Waals surface area contributed by atoms with Crippen LogP contribution in [0.4, 0.5) is 0 Å². The van der Waals surface area contributed by atoms with Crippen molar-refractivity contribution in [3.8, 4) is 0 Å². The van der Waals surface area contributed by atoms with Crippen molar-refractivity contribution in [1.29, 1.82) is 0 Å². The summed E-state index contributed by atoms with van der Waals surface area (Å²) >= 11 is 15.1. The third-order valence-corrected chi connectivity index (χ3v) is 6.05. The number of hydrogen-bond donors (Lipinski definition) is 1. The lowest BCUT2D eigenvalue weighted by Crippen LogP contribution is -2.35. The number of aliphatic carboxylic acids is 1. The normalized spacial score (nSPS) is 11.7. The van der Waals surface area contributed by atoms with Gasteiger partial charge in [0.15, 0.2) is 0 Å². The molecular weight excluding hydrogens is 441 g/mol. The zero-order valence-corrected chi connectivity index (χ0v) is 16.0. The van der Waals surface area contributed by atoms with E-state index >= 15 is 0 Å². The molecule has 2 aromatic carbocycles. The van der Waals surface area contributed by atoms with E-state index in [1.54, 1.807) is 24.3 Å². The number of halogens is 3. The second-order valence-corrected chi connectivity index (χ2v) is 8.55. The molecular formula is C15H12BrCl2NO4S. The maximum absolute atomic E-state index is 12.7. The zero-order valence-electron chi connectivity index (χ0n) is 12.1. The van der Waals surface area contributed by atoms with Gasteiger partial charge in [-0.05, 0) is 42.0 Å². The molecule has 0 saturated carbocycles. The van der Waals surface area contributed by atoms with Crippen molar-refractivity contribution in [3.05, 3.63) is 62.5 Å². The minimum absolute atomic E-state index is 0.00274. The SMILES string of the molecule is O=C(O)CN(Cc1ccc(Cl)cc1Cl)S(=O)(=O)c1ccc(Br)cc1. The fourth-order valence-corrected chi connectivity index (χ4v) is 4.07. The molecule has 0 spiro atoms. The van der Waals surface area contributed by atoms with E-state index in [2.05, 4.69) is 15.9 Å². The average Bonchev–Trinajstić information content (AvgIpc) is 2.49. The summed E-state index contributed by atoms with van der Waals surface area (Å²) in [4.78, 5) is 11.1. The lowest BCUT2D eigenvalue weighted by Gasteiger charge is -2.21. The highest BCUT2D eigenvalue weighted by molar-refractivity contribution is 9.10. The monoisotopic (exact) mass is 451 g/mol. The first-order valence-corrected chi connectivity index (χ1v) is 9.60. The van der Waals surface area contributed by atoms with E-state index in [1.807, 2.05) is 0 Å². The van der Waals surface area contributed by atoms with E-state index in [-0.39, 0.29) is 16.5 Å². The van der Waals surface area contributed by atoms with E-state index in [4.69, 9.17) is 28.3 Å². The number of carbonyl (C=O) groups is 1. The lowest BCUT2D eigenvalue weighted by atomic mass is 10.2. The molecule has 0 aliphatic rings. The Kier molecular flexibility index (Phi) is 6.28. The average molecular weight is 453 g/mol. The van der Waals surface area contributed by atoms with Crippen molar-refractivity contribution in [1.82, 2.24) is 4.31 Å². The molecule has 0 saturated heterocycles. The summed E-state index contributed by atoms with van der Waals surface area (Å²) in [5.74, 6) is -1.26. The Bertz CT molecular complexity index is 856. The van der Waals surface area contributed by atoms with Gasteiger partial charge in [-0.25, -0.2) is 8.42 Å². The van der Waals surface area contributed by atoms with Crippen LogP contribution in [0, 0.1) is 0 Å². The fraction of sp³-hybridized carbons (Fsp3) is 0.133. The number of benzene rings is 2. The topological polar surface area (TPSA) is 74.7 Å². The molecule has 0 radical (unpaired) electrons. The Hall–Kier alpha value is -1.12. The van der Waals surface area contributed by atoms with E-state index in [1.165, 1.54) is 18.2 Å². The van der Waals surface area contributed by atoms with Crippen molar-refractivity contribution in [2.75, 3.05) is 6.54 Å². The van der Waals surface area contributed by atoms with Gasteiger partial charge in [-0.3, -0.25) is 4.79 Å². The van der Waals surface area contributed by atoms with Crippen molar-refractivity contribution < 1.29 is 18.3 Å². The summed E-state index contributed by atoms with van der Waals surface area (Å²) < 4.78 is 27.0. The van der Waals surface area contributed by atoms with Crippen molar-refractivity contribution in [2.45, 2.75) is 11.4 Å². The van der Waals surface area contributed by atoms with Crippen LogP contribution in [-0.4, -0.2) is 30.3 Å². The van der Waals surface area contributed by atoms with Gasteiger partial charge in [-0.2, -0.15) is 4.31 Å². The van der Waals surface area contributed by atoms with Gasteiger partial charge in [0.1, 0.15) is 6.54 Å². The van der Waals surface area contributed by atoms with E-state index in [0.717, 1.165) is 4.31 Å². The van der Waals surface area contributed by atoms with Crippen LogP contribution < -0.4 is 0 Å². The van der Waals surface area contributed by atoms with Gasteiger partial charge >= 0.3 is 5.97 Å². The van der Waals surface area contributed by atoms with Gasteiger partial charge in [0.2, 0.25) is 10.0 Å². The minimum atomic E-state index is -4.00. The maximum atomic E-state index is 12.7. The number of sulfonamides is 1. The molecule has 2 aromatic rings. The standard InChI is InChI=1S/C15H12BrCl2NO4S/c16-11-2-5-13(6-3-11)24(22,23)19(9-15(20)21)8-10-1-4-12(17)7-14(10)18/h1-7H,8-9H2,(H,20,21). The summed E-state index contributed by atoms with van der Waals surface area (Å²) in [6.07, 6.45) is 0. The van der Waals surface area contributed by atoms with Crippen LogP contribution >= 0.6 is 39.1 Å². The van der Waals surface area contributed by atoms with Crippen LogP contribution in [0.2, 0.25) is 10.0 Å². The van der Waals surface area contributed by atoms with Gasteiger partial charge in [-0.1, -0.05) is 45.2 Å². The molecule has 0 atom stereocenters. The number of carboxylic acids is 1. The van der Waals surface area contributed by atoms with Crippen molar-refractivity contribution in [3.63, 3.8) is 0 Å². The molecule has 0 bridgehead atoms.